The number of piperidine rings is 2. The number of carbonyl (C=O) groups excluding carboxylic acids is 1. The van der Waals surface area contributed by atoms with Crippen molar-refractivity contribution in [3.05, 3.63) is 61.2 Å². The summed E-state index contributed by atoms with van der Waals surface area (Å²) in [6.07, 6.45) is 8.57. The highest BCUT2D eigenvalue weighted by molar-refractivity contribution is 9.12. The van der Waals surface area contributed by atoms with E-state index in [-0.39, 0.29) is 6.04 Å². The molecule has 1 amide bonds. The van der Waals surface area contributed by atoms with Crippen molar-refractivity contribution in [2.24, 2.45) is 5.92 Å². The molecule has 182 valence electrons. The standard InChI is InChI=1S/C27H32BrCl2N3O/c1-32-10-6-17(7-11-32)14-24(34)33-12-8-18(9-13-33)25-21-5-3-20(29)15-19(21)2-4-22-26(30)23(28)16-31-27(22)25/h3,5,15-17,27,31H,2,4,6-14H2,1H3. The molecule has 2 saturated heterocycles. The highest BCUT2D eigenvalue weighted by atomic mass is 79.9. The number of dihydropyridines is 1. The Balaban J connectivity index is 1.38. The number of fused-ring (bicyclic) bond motifs is 2. The van der Waals surface area contributed by atoms with Gasteiger partial charge < -0.3 is 15.1 Å². The minimum absolute atomic E-state index is 0.0627. The third-order valence-corrected chi connectivity index (χ3v) is 9.46. The van der Waals surface area contributed by atoms with Gasteiger partial charge in [0.2, 0.25) is 5.91 Å². The molecule has 3 heterocycles. The van der Waals surface area contributed by atoms with Crippen LogP contribution in [0.5, 0.6) is 0 Å². The van der Waals surface area contributed by atoms with Crippen LogP contribution in [0.2, 0.25) is 5.02 Å². The maximum atomic E-state index is 13.1. The van der Waals surface area contributed by atoms with Crippen molar-refractivity contribution in [1.82, 2.24) is 15.1 Å². The lowest BCUT2D eigenvalue weighted by molar-refractivity contribution is -0.133. The minimum Gasteiger partial charge on any atom is -0.379 e. The number of hydrogen-bond donors (Lipinski definition) is 1. The molecule has 0 bridgehead atoms. The Bertz CT molecular complexity index is 1060. The number of halogens is 3. The van der Waals surface area contributed by atoms with E-state index in [0.717, 1.165) is 79.2 Å². The Morgan fingerprint density at radius 2 is 1.82 bits per heavy atom. The second-order valence-electron chi connectivity index (χ2n) is 10.1. The quantitative estimate of drug-likeness (QED) is 0.472. The van der Waals surface area contributed by atoms with Crippen LogP contribution in [0.1, 0.15) is 49.7 Å². The summed E-state index contributed by atoms with van der Waals surface area (Å²) < 4.78 is 0.906. The summed E-state index contributed by atoms with van der Waals surface area (Å²) in [6.45, 7) is 3.81. The largest absolute Gasteiger partial charge is 0.379 e. The smallest absolute Gasteiger partial charge is 0.222 e. The molecule has 3 aliphatic heterocycles. The number of allylic oxidation sites excluding steroid dienone is 2. The van der Waals surface area contributed by atoms with Crippen molar-refractivity contribution in [1.29, 1.82) is 0 Å². The molecule has 0 radical (unpaired) electrons. The van der Waals surface area contributed by atoms with Crippen LogP contribution in [0, 0.1) is 5.92 Å². The molecule has 1 aliphatic carbocycles. The number of benzene rings is 1. The van der Waals surface area contributed by atoms with Crippen LogP contribution in [-0.4, -0.2) is 55.0 Å². The van der Waals surface area contributed by atoms with E-state index >= 15 is 0 Å². The second kappa shape index (κ2) is 10.4. The van der Waals surface area contributed by atoms with Crippen LogP contribution in [0.4, 0.5) is 0 Å². The Hall–Kier alpha value is -1.27. The van der Waals surface area contributed by atoms with Gasteiger partial charge in [-0.1, -0.05) is 34.8 Å². The zero-order valence-corrected chi connectivity index (χ0v) is 22.8. The molecule has 1 atom stereocenters. The normalized spacial score (nSPS) is 24.3. The number of likely N-dealkylation sites (tertiary alicyclic amines) is 2. The van der Waals surface area contributed by atoms with Crippen LogP contribution in [0.15, 0.2) is 45.1 Å². The van der Waals surface area contributed by atoms with E-state index in [0.29, 0.717) is 18.2 Å². The van der Waals surface area contributed by atoms with Gasteiger partial charge in [-0.15, -0.1) is 0 Å². The topological polar surface area (TPSA) is 35.6 Å². The lowest BCUT2D eigenvalue weighted by Gasteiger charge is -2.35. The maximum Gasteiger partial charge on any atom is 0.222 e. The zero-order chi connectivity index (χ0) is 23.8. The van der Waals surface area contributed by atoms with E-state index in [1.807, 2.05) is 12.3 Å². The van der Waals surface area contributed by atoms with Crippen LogP contribution < -0.4 is 5.32 Å². The first kappa shape index (κ1) is 24.4. The van der Waals surface area contributed by atoms with Crippen LogP contribution in [0.3, 0.4) is 0 Å². The molecule has 5 rings (SSSR count). The van der Waals surface area contributed by atoms with Crippen LogP contribution in [-0.2, 0) is 11.2 Å². The zero-order valence-electron chi connectivity index (χ0n) is 19.7. The molecule has 7 heteroatoms. The SMILES string of the molecule is CN1CCC(CC(=O)N2CCC(=C3c4ccc(Cl)cc4CCC4=C(Cl)C(Br)=CNC43)CC2)CC1. The fourth-order valence-electron chi connectivity index (χ4n) is 5.90. The van der Waals surface area contributed by atoms with Gasteiger partial charge in [0.05, 0.1) is 15.6 Å². The maximum absolute atomic E-state index is 13.1. The van der Waals surface area contributed by atoms with E-state index in [1.165, 1.54) is 27.8 Å². The molecule has 0 aromatic heterocycles. The fourth-order valence-corrected chi connectivity index (χ4v) is 6.74. The third kappa shape index (κ3) is 5.00. The molecule has 34 heavy (non-hydrogen) atoms. The number of nitrogens with zero attached hydrogens (tertiary/aromatic N) is 2. The Labute approximate surface area is 221 Å². The molecule has 0 spiro atoms. The molecule has 1 aromatic rings. The van der Waals surface area contributed by atoms with Gasteiger partial charge >= 0.3 is 0 Å². The molecule has 2 fully saturated rings. The van der Waals surface area contributed by atoms with Gasteiger partial charge in [0.25, 0.3) is 0 Å². The van der Waals surface area contributed by atoms with Gasteiger partial charge in [-0.25, -0.2) is 0 Å². The highest BCUT2D eigenvalue weighted by Gasteiger charge is 2.33. The van der Waals surface area contributed by atoms with Crippen molar-refractivity contribution in [2.75, 3.05) is 33.2 Å². The average Bonchev–Trinajstić information content (AvgIpc) is 3.00. The van der Waals surface area contributed by atoms with E-state index < -0.39 is 0 Å². The van der Waals surface area contributed by atoms with Gasteiger partial charge in [0, 0.05) is 30.7 Å². The van der Waals surface area contributed by atoms with Gasteiger partial charge in [0.1, 0.15) is 0 Å². The summed E-state index contributed by atoms with van der Waals surface area (Å²) in [7, 11) is 2.17. The molecule has 1 N–H and O–H groups in total. The number of rotatable bonds is 2. The summed E-state index contributed by atoms with van der Waals surface area (Å²) in [4.78, 5) is 17.5. The first-order chi connectivity index (χ1) is 16.4. The third-order valence-electron chi connectivity index (χ3n) is 7.93. The lowest BCUT2D eigenvalue weighted by atomic mass is 9.84. The summed E-state index contributed by atoms with van der Waals surface area (Å²) >= 11 is 16.7. The lowest BCUT2D eigenvalue weighted by Crippen LogP contribution is -2.40. The average molecular weight is 565 g/mol. The highest BCUT2D eigenvalue weighted by Crippen LogP contribution is 2.43. The Kier molecular flexibility index (Phi) is 7.46. The van der Waals surface area contributed by atoms with Gasteiger partial charge in [-0.2, -0.15) is 0 Å². The summed E-state index contributed by atoms with van der Waals surface area (Å²) in [5.41, 5.74) is 6.54. The summed E-state index contributed by atoms with van der Waals surface area (Å²) in [5, 5.41) is 5.19. The van der Waals surface area contributed by atoms with Gasteiger partial charge in [-0.3, -0.25) is 4.79 Å². The van der Waals surface area contributed by atoms with Crippen molar-refractivity contribution in [3.8, 4) is 0 Å². The van der Waals surface area contributed by atoms with E-state index in [9.17, 15) is 4.79 Å². The predicted octanol–water partition coefficient (Wildman–Crippen LogP) is 6.10. The molecule has 4 aliphatic rings. The van der Waals surface area contributed by atoms with E-state index in [4.69, 9.17) is 23.2 Å². The summed E-state index contributed by atoms with van der Waals surface area (Å²) in [5.74, 6) is 0.867. The second-order valence-corrected chi connectivity index (χ2v) is 11.8. The monoisotopic (exact) mass is 563 g/mol. The van der Waals surface area contributed by atoms with Gasteiger partial charge in [-0.05, 0) is 115 Å². The molecular formula is C27H32BrCl2N3O. The van der Waals surface area contributed by atoms with E-state index in [1.54, 1.807) is 0 Å². The molecular weight excluding hydrogens is 533 g/mol. The number of hydrogen-bond acceptors (Lipinski definition) is 3. The first-order valence-electron chi connectivity index (χ1n) is 12.4. The molecule has 1 unspecified atom stereocenters. The predicted molar refractivity (Wildman–Crippen MR) is 144 cm³/mol. The van der Waals surface area contributed by atoms with Gasteiger partial charge in [0.15, 0.2) is 0 Å². The minimum atomic E-state index is 0.0627. The molecule has 4 nitrogen and oxygen atoms in total. The molecule has 0 saturated carbocycles. The number of nitrogens with one attached hydrogen (secondary N) is 1. The van der Waals surface area contributed by atoms with Crippen molar-refractivity contribution in [2.45, 2.75) is 51.0 Å². The Morgan fingerprint density at radius 3 is 2.56 bits per heavy atom. The van der Waals surface area contributed by atoms with E-state index in [2.05, 4.69) is 50.2 Å². The van der Waals surface area contributed by atoms with Crippen molar-refractivity contribution in [3.63, 3.8) is 0 Å². The molecule has 1 aromatic carbocycles. The first-order valence-corrected chi connectivity index (χ1v) is 13.9. The van der Waals surface area contributed by atoms with Crippen molar-refractivity contribution >= 4 is 50.6 Å². The van der Waals surface area contributed by atoms with Crippen molar-refractivity contribution < 1.29 is 4.79 Å². The van der Waals surface area contributed by atoms with Crippen LogP contribution in [0.25, 0.3) is 5.57 Å². The fraction of sp³-hybridized carbons (Fsp3) is 0.519. The summed E-state index contributed by atoms with van der Waals surface area (Å²) in [6, 6.07) is 6.33. The number of carbonyl (C=O) groups is 1. The number of aryl methyl sites for hydroxylation is 1. The number of amides is 1. The Morgan fingerprint density at radius 1 is 1.09 bits per heavy atom. The van der Waals surface area contributed by atoms with Crippen LogP contribution >= 0.6 is 39.1 Å².